The van der Waals surface area contributed by atoms with E-state index in [9.17, 15) is 18.0 Å². The summed E-state index contributed by atoms with van der Waals surface area (Å²) in [6.45, 7) is 4.70. The molecule has 3 aliphatic rings. The van der Waals surface area contributed by atoms with E-state index >= 15 is 0 Å². The summed E-state index contributed by atoms with van der Waals surface area (Å²) in [6, 6.07) is -0.432. The summed E-state index contributed by atoms with van der Waals surface area (Å²) in [7, 11) is -1.69. The molecule has 0 bridgehead atoms. The largest absolute Gasteiger partial charge is 0.447 e. The molecule has 3 atom stereocenters. The molecule has 1 aliphatic carbocycles. The van der Waals surface area contributed by atoms with Crippen molar-refractivity contribution >= 4 is 34.2 Å². The molecule has 1 aromatic heterocycles. The summed E-state index contributed by atoms with van der Waals surface area (Å²) in [5, 5.41) is 0. The molecule has 1 aromatic rings. The van der Waals surface area contributed by atoms with Gasteiger partial charge in [0.05, 0.1) is 30.8 Å². The number of nitrogens with zero attached hydrogens (tertiary/aromatic N) is 4. The van der Waals surface area contributed by atoms with Crippen LogP contribution in [-0.4, -0.2) is 77.3 Å². The zero-order valence-electron chi connectivity index (χ0n) is 17.6. The normalized spacial score (nSPS) is 26.5. The van der Waals surface area contributed by atoms with Crippen LogP contribution in [0.4, 0.5) is 0 Å². The summed E-state index contributed by atoms with van der Waals surface area (Å²) < 4.78 is 31.0. The van der Waals surface area contributed by atoms with Gasteiger partial charge in [-0.05, 0) is 32.2 Å². The molecular formula is C19H29ClN4O5S. The first-order valence-electron chi connectivity index (χ1n) is 10.1. The molecule has 3 heterocycles. The van der Waals surface area contributed by atoms with E-state index in [2.05, 4.69) is 9.88 Å². The van der Waals surface area contributed by atoms with Gasteiger partial charge in [-0.25, -0.2) is 17.7 Å². The molecule has 11 heteroatoms. The minimum absolute atomic E-state index is 0. The highest BCUT2D eigenvalue weighted by Gasteiger charge is 2.58. The third-order valence-electron chi connectivity index (χ3n) is 6.25. The maximum Gasteiger partial charge on any atom is 0.276 e. The van der Waals surface area contributed by atoms with Crippen LogP contribution < -0.4 is 0 Å². The molecule has 0 radical (unpaired) electrons. The SMILES string of the molecule is CC(C)[C@@H]1C(=O)N(S(C)(=O)=O)[C@@H]2CCN(C(=O)c3coc(CN(C)C4CC4)n3)[C@H]21.Cl. The second-order valence-electron chi connectivity index (χ2n) is 8.78. The Balaban J connectivity index is 0.00000256. The van der Waals surface area contributed by atoms with Crippen molar-refractivity contribution in [3.8, 4) is 0 Å². The summed E-state index contributed by atoms with van der Waals surface area (Å²) in [5.74, 6) is -0.875. The van der Waals surface area contributed by atoms with Crippen LogP contribution in [0.15, 0.2) is 10.7 Å². The molecule has 0 N–H and O–H groups in total. The average Bonchev–Trinajstić information content (AvgIpc) is 3.12. The lowest BCUT2D eigenvalue weighted by molar-refractivity contribution is -0.129. The number of hydrogen-bond donors (Lipinski definition) is 0. The van der Waals surface area contributed by atoms with Gasteiger partial charge in [0.2, 0.25) is 21.8 Å². The van der Waals surface area contributed by atoms with Crippen molar-refractivity contribution in [3.05, 3.63) is 17.8 Å². The molecule has 1 saturated carbocycles. The number of sulfonamides is 1. The minimum Gasteiger partial charge on any atom is -0.447 e. The van der Waals surface area contributed by atoms with Crippen molar-refractivity contribution in [2.24, 2.45) is 11.8 Å². The highest BCUT2D eigenvalue weighted by molar-refractivity contribution is 7.88. The first kappa shape index (κ1) is 23.0. The van der Waals surface area contributed by atoms with Gasteiger partial charge in [-0.15, -0.1) is 12.4 Å². The second kappa shape index (κ2) is 8.12. The van der Waals surface area contributed by atoms with Crippen molar-refractivity contribution in [2.45, 2.75) is 57.8 Å². The van der Waals surface area contributed by atoms with Crippen LogP contribution in [0, 0.1) is 11.8 Å². The van der Waals surface area contributed by atoms with E-state index in [0.717, 1.165) is 10.6 Å². The number of halogens is 1. The third-order valence-corrected chi connectivity index (χ3v) is 7.42. The van der Waals surface area contributed by atoms with E-state index in [0.29, 0.717) is 31.4 Å². The Bertz CT molecular complexity index is 929. The Morgan fingerprint density at radius 3 is 2.57 bits per heavy atom. The standard InChI is InChI=1S/C19H28N4O5S.ClH/c1-11(2)16-17-14(23(19(16)25)29(4,26)27)7-8-22(17)18(24)13-10-28-15(20-13)9-21(3)12-5-6-12;/h10-12,14,16-17H,5-9H2,1-4H3;1H/t14-,16+,17-;/m1./s1. The van der Waals surface area contributed by atoms with E-state index in [1.54, 1.807) is 4.90 Å². The lowest BCUT2D eigenvalue weighted by Gasteiger charge is -2.28. The van der Waals surface area contributed by atoms with Crippen molar-refractivity contribution in [3.63, 3.8) is 0 Å². The van der Waals surface area contributed by atoms with Crippen molar-refractivity contribution in [1.29, 1.82) is 0 Å². The summed E-state index contributed by atoms with van der Waals surface area (Å²) in [4.78, 5) is 34.2. The van der Waals surface area contributed by atoms with Crippen LogP contribution in [0.5, 0.6) is 0 Å². The zero-order chi connectivity index (χ0) is 21.1. The molecule has 30 heavy (non-hydrogen) atoms. The molecule has 2 aliphatic heterocycles. The number of carbonyl (C=O) groups excluding carboxylic acids is 2. The van der Waals surface area contributed by atoms with Crippen LogP contribution in [0.3, 0.4) is 0 Å². The van der Waals surface area contributed by atoms with Gasteiger partial charge in [0, 0.05) is 12.6 Å². The fraction of sp³-hybridized carbons (Fsp3) is 0.737. The fourth-order valence-corrected chi connectivity index (χ4v) is 5.93. The number of aromatic nitrogens is 1. The van der Waals surface area contributed by atoms with E-state index in [1.165, 1.54) is 19.1 Å². The zero-order valence-corrected chi connectivity index (χ0v) is 19.3. The number of carbonyl (C=O) groups is 2. The van der Waals surface area contributed by atoms with Crippen molar-refractivity contribution < 1.29 is 22.4 Å². The Kier molecular flexibility index (Phi) is 6.23. The van der Waals surface area contributed by atoms with E-state index in [-0.39, 0.29) is 29.9 Å². The Labute approximate surface area is 183 Å². The van der Waals surface area contributed by atoms with Gasteiger partial charge in [-0.2, -0.15) is 0 Å². The van der Waals surface area contributed by atoms with Gasteiger partial charge in [0.25, 0.3) is 5.91 Å². The highest BCUT2D eigenvalue weighted by Crippen LogP contribution is 2.41. The average molecular weight is 461 g/mol. The van der Waals surface area contributed by atoms with Crippen molar-refractivity contribution in [1.82, 2.24) is 19.1 Å². The molecule has 9 nitrogen and oxygen atoms in total. The molecule has 2 amide bonds. The lowest BCUT2D eigenvalue weighted by Crippen LogP contribution is -2.44. The number of fused-ring (bicyclic) bond motifs is 1. The van der Waals surface area contributed by atoms with Crippen LogP contribution >= 0.6 is 12.4 Å². The summed E-state index contributed by atoms with van der Waals surface area (Å²) in [5.41, 5.74) is 0.206. The van der Waals surface area contributed by atoms with Gasteiger partial charge >= 0.3 is 0 Å². The molecule has 2 saturated heterocycles. The van der Waals surface area contributed by atoms with Gasteiger partial charge in [0.1, 0.15) is 6.26 Å². The summed E-state index contributed by atoms with van der Waals surface area (Å²) in [6.07, 6.45) is 5.19. The predicted molar refractivity (Wildman–Crippen MR) is 111 cm³/mol. The molecular weight excluding hydrogens is 432 g/mol. The minimum atomic E-state index is -3.69. The number of oxazole rings is 1. The quantitative estimate of drug-likeness (QED) is 0.631. The van der Waals surface area contributed by atoms with Gasteiger partial charge in [0.15, 0.2) is 5.69 Å². The Morgan fingerprint density at radius 1 is 1.33 bits per heavy atom. The number of rotatable bonds is 6. The van der Waals surface area contributed by atoms with Gasteiger partial charge in [-0.3, -0.25) is 14.5 Å². The smallest absolute Gasteiger partial charge is 0.276 e. The number of amides is 2. The maximum atomic E-state index is 13.2. The van der Waals surface area contributed by atoms with E-state index in [1.807, 2.05) is 20.9 Å². The molecule has 0 aromatic carbocycles. The van der Waals surface area contributed by atoms with Crippen LogP contribution in [0.25, 0.3) is 0 Å². The molecule has 0 unspecified atom stereocenters. The van der Waals surface area contributed by atoms with Gasteiger partial charge < -0.3 is 9.32 Å². The second-order valence-corrected chi connectivity index (χ2v) is 10.6. The van der Waals surface area contributed by atoms with Crippen LogP contribution in [-0.2, 0) is 21.4 Å². The maximum absolute atomic E-state index is 13.2. The Morgan fingerprint density at radius 2 is 2.00 bits per heavy atom. The topological polar surface area (TPSA) is 104 Å². The van der Waals surface area contributed by atoms with Gasteiger partial charge in [-0.1, -0.05) is 13.8 Å². The molecule has 4 rings (SSSR count). The summed E-state index contributed by atoms with van der Waals surface area (Å²) >= 11 is 0. The first-order valence-corrected chi connectivity index (χ1v) is 11.9. The molecule has 168 valence electrons. The fourth-order valence-electron chi connectivity index (χ4n) is 4.76. The first-order chi connectivity index (χ1) is 13.6. The van der Waals surface area contributed by atoms with Crippen LogP contribution in [0.2, 0.25) is 0 Å². The van der Waals surface area contributed by atoms with Crippen molar-refractivity contribution in [2.75, 3.05) is 19.8 Å². The lowest BCUT2D eigenvalue weighted by atomic mass is 9.88. The highest BCUT2D eigenvalue weighted by atomic mass is 35.5. The molecule has 0 spiro atoms. The Hall–Kier alpha value is -1.65. The van der Waals surface area contributed by atoms with E-state index in [4.69, 9.17) is 4.42 Å². The molecule has 3 fully saturated rings. The number of likely N-dealkylation sites (tertiary alicyclic amines) is 1. The van der Waals surface area contributed by atoms with E-state index < -0.39 is 33.9 Å². The predicted octanol–water partition coefficient (Wildman–Crippen LogP) is 1.35. The number of hydrogen-bond acceptors (Lipinski definition) is 7. The van der Waals surface area contributed by atoms with Crippen LogP contribution in [0.1, 0.15) is 49.5 Å². The third kappa shape index (κ3) is 3.97. The monoisotopic (exact) mass is 460 g/mol.